The number of nitrogens with one attached hydrogen (secondary N) is 1. The summed E-state index contributed by atoms with van der Waals surface area (Å²) in [6.07, 6.45) is 7.18. The number of hydrogen-bond donors (Lipinski definition) is 2. The summed E-state index contributed by atoms with van der Waals surface area (Å²) in [4.78, 5) is 31.2. The zero-order valence-electron chi connectivity index (χ0n) is 21.1. The van der Waals surface area contributed by atoms with E-state index in [-0.39, 0.29) is 16.9 Å². The molecule has 1 aliphatic carbocycles. The molecule has 0 radical (unpaired) electrons. The zero-order chi connectivity index (χ0) is 26.4. The van der Waals surface area contributed by atoms with Gasteiger partial charge in [0.15, 0.2) is 0 Å². The van der Waals surface area contributed by atoms with Gasteiger partial charge in [0.25, 0.3) is 5.91 Å². The average Bonchev–Trinajstić information content (AvgIpc) is 3.56. The second-order valence-corrected chi connectivity index (χ2v) is 12.1. The number of aromatic nitrogens is 1. The van der Waals surface area contributed by atoms with Crippen LogP contribution < -0.4 is 16.5 Å². The van der Waals surface area contributed by atoms with Gasteiger partial charge >= 0.3 is 0 Å². The Morgan fingerprint density at radius 2 is 2.00 bits per heavy atom. The Morgan fingerprint density at radius 3 is 2.82 bits per heavy atom. The molecule has 2 aromatic carbocycles. The number of para-hydroxylation sites is 1. The molecule has 2 aliphatic rings. The number of carbonyl (C=O) groups is 1. The maximum Gasteiger partial charge on any atom is 0.258 e. The first-order chi connectivity index (χ1) is 18.4. The highest BCUT2D eigenvalue weighted by Crippen LogP contribution is 2.38. The van der Waals surface area contributed by atoms with E-state index in [9.17, 15) is 9.59 Å². The maximum atomic E-state index is 15.5. The summed E-state index contributed by atoms with van der Waals surface area (Å²) in [6, 6.07) is 10.8. The molecular weight excluding hydrogens is 519 g/mol. The van der Waals surface area contributed by atoms with Gasteiger partial charge in [-0.25, -0.2) is 4.39 Å². The van der Waals surface area contributed by atoms with Gasteiger partial charge in [0.05, 0.1) is 20.6 Å². The Balaban J connectivity index is 1.48. The normalized spacial score (nSPS) is 18.3. The molecule has 1 saturated heterocycles. The minimum atomic E-state index is -0.508. The lowest BCUT2D eigenvalue weighted by Crippen LogP contribution is -2.35. The van der Waals surface area contributed by atoms with Gasteiger partial charge in [-0.2, -0.15) is 0 Å². The van der Waals surface area contributed by atoms with E-state index in [0.29, 0.717) is 21.8 Å². The summed E-state index contributed by atoms with van der Waals surface area (Å²) in [7, 11) is 0. The summed E-state index contributed by atoms with van der Waals surface area (Å²) in [6.45, 7) is 5.32. The van der Waals surface area contributed by atoms with E-state index >= 15 is 4.39 Å². The molecule has 1 amide bonds. The second kappa shape index (κ2) is 10.2. The first-order valence-corrected chi connectivity index (χ1v) is 14.6. The predicted molar refractivity (Wildman–Crippen MR) is 155 cm³/mol. The molecule has 196 valence electrons. The Morgan fingerprint density at radius 1 is 1.21 bits per heavy atom. The number of allylic oxidation sites excluding steroid dienone is 3. The fraction of sp³-hybridized carbons (Fsp3) is 0.310. The Labute approximate surface area is 228 Å². The van der Waals surface area contributed by atoms with Crippen molar-refractivity contribution in [1.29, 1.82) is 0 Å². The van der Waals surface area contributed by atoms with Crippen molar-refractivity contribution in [3.8, 4) is 0 Å². The summed E-state index contributed by atoms with van der Waals surface area (Å²) in [5.41, 5.74) is 8.12. The number of hydrogen-bond acceptors (Lipinski definition) is 6. The highest BCUT2D eigenvalue weighted by Gasteiger charge is 2.24. The van der Waals surface area contributed by atoms with E-state index in [1.807, 2.05) is 40.8 Å². The highest BCUT2D eigenvalue weighted by molar-refractivity contribution is 8.03. The minimum Gasteiger partial charge on any atom is -0.401 e. The smallest absolute Gasteiger partial charge is 0.258 e. The third-order valence-corrected chi connectivity index (χ3v) is 9.70. The van der Waals surface area contributed by atoms with Gasteiger partial charge in [0.1, 0.15) is 16.2 Å². The van der Waals surface area contributed by atoms with Crippen molar-refractivity contribution in [3.05, 3.63) is 80.8 Å². The molecule has 0 bridgehead atoms. The van der Waals surface area contributed by atoms with Crippen molar-refractivity contribution in [1.82, 2.24) is 14.6 Å². The number of benzene rings is 2. The molecule has 3 N–H and O–H groups in total. The van der Waals surface area contributed by atoms with Crippen LogP contribution >= 0.6 is 23.1 Å². The van der Waals surface area contributed by atoms with Gasteiger partial charge in [-0.05, 0) is 56.6 Å². The number of pyridine rings is 1. The number of carbonyl (C=O) groups excluding carboxylic acids is 1. The molecule has 0 saturated carbocycles. The number of likely N-dealkylation sites (tertiary alicyclic amines) is 1. The van der Waals surface area contributed by atoms with E-state index in [0.717, 1.165) is 46.9 Å². The van der Waals surface area contributed by atoms with Crippen molar-refractivity contribution in [2.24, 2.45) is 11.7 Å². The lowest BCUT2D eigenvalue weighted by molar-refractivity contribution is 0.0950. The van der Waals surface area contributed by atoms with Gasteiger partial charge in [0.2, 0.25) is 5.43 Å². The van der Waals surface area contributed by atoms with Crippen LogP contribution in [0.1, 0.15) is 36.5 Å². The van der Waals surface area contributed by atoms with Gasteiger partial charge in [0, 0.05) is 35.0 Å². The number of amides is 1. The molecule has 1 aliphatic heterocycles. The van der Waals surface area contributed by atoms with Crippen LogP contribution in [0.4, 0.5) is 4.39 Å². The largest absolute Gasteiger partial charge is 0.401 e. The molecule has 6 rings (SSSR count). The number of halogens is 1. The summed E-state index contributed by atoms with van der Waals surface area (Å²) in [5, 5.41) is 3.13. The average molecular weight is 549 g/mol. The van der Waals surface area contributed by atoms with E-state index in [1.165, 1.54) is 42.0 Å². The van der Waals surface area contributed by atoms with Crippen LogP contribution in [-0.4, -0.2) is 41.4 Å². The van der Waals surface area contributed by atoms with Crippen LogP contribution in [0, 0.1) is 11.7 Å². The van der Waals surface area contributed by atoms with Crippen molar-refractivity contribution >= 4 is 55.0 Å². The van der Waals surface area contributed by atoms with E-state index in [2.05, 4.69) is 17.1 Å². The molecule has 6 nitrogen and oxygen atoms in total. The number of fused-ring (bicyclic) bond motifs is 5. The van der Waals surface area contributed by atoms with Crippen LogP contribution in [0.2, 0.25) is 0 Å². The highest BCUT2D eigenvalue weighted by atomic mass is 32.2. The molecule has 4 aromatic rings. The first-order valence-electron chi connectivity index (χ1n) is 13.0. The molecule has 3 heterocycles. The van der Waals surface area contributed by atoms with Gasteiger partial charge < -0.3 is 16.0 Å². The summed E-state index contributed by atoms with van der Waals surface area (Å²) < 4.78 is 18.3. The van der Waals surface area contributed by atoms with Crippen LogP contribution in [0.15, 0.2) is 68.8 Å². The van der Waals surface area contributed by atoms with Crippen molar-refractivity contribution in [2.75, 3.05) is 26.2 Å². The van der Waals surface area contributed by atoms with Gasteiger partial charge in [-0.1, -0.05) is 43.0 Å². The minimum absolute atomic E-state index is 0.0657. The number of thioether (sulfide) groups is 1. The first kappa shape index (κ1) is 25.2. The van der Waals surface area contributed by atoms with Crippen molar-refractivity contribution < 1.29 is 9.18 Å². The number of thiazole rings is 1. The zero-order valence-corrected chi connectivity index (χ0v) is 22.8. The monoisotopic (exact) mass is 548 g/mol. The molecule has 38 heavy (non-hydrogen) atoms. The number of rotatable bonds is 6. The summed E-state index contributed by atoms with van der Waals surface area (Å²) in [5.74, 6) is -0.739. The SMILES string of the molecule is CC1CC=CC(Sc2cc3c(cc2F)c(=O)c(C(=O)NCCN2CCCC2)c2sc4ccccc4n23)=C1N. The third kappa shape index (κ3) is 4.42. The van der Waals surface area contributed by atoms with Crippen LogP contribution in [0.3, 0.4) is 0 Å². The van der Waals surface area contributed by atoms with Crippen molar-refractivity contribution in [3.63, 3.8) is 0 Å². The Bertz CT molecular complexity index is 1700. The van der Waals surface area contributed by atoms with Crippen molar-refractivity contribution in [2.45, 2.75) is 31.1 Å². The lowest BCUT2D eigenvalue weighted by atomic mass is 10.00. The fourth-order valence-electron chi connectivity index (χ4n) is 5.29. The maximum absolute atomic E-state index is 15.5. The number of nitrogens with zero attached hydrogens (tertiary/aromatic N) is 2. The van der Waals surface area contributed by atoms with E-state index in [1.54, 1.807) is 6.07 Å². The third-order valence-electron chi connectivity index (χ3n) is 7.43. The molecule has 1 fully saturated rings. The van der Waals surface area contributed by atoms with Crippen LogP contribution in [-0.2, 0) is 0 Å². The molecular formula is C29H29FN4O2S2. The molecule has 9 heteroatoms. The van der Waals surface area contributed by atoms with Crippen LogP contribution in [0.25, 0.3) is 25.9 Å². The van der Waals surface area contributed by atoms with Gasteiger partial charge in [-0.15, -0.1) is 11.3 Å². The molecule has 2 aromatic heterocycles. The Hall–Kier alpha value is -3.14. The quantitative estimate of drug-likeness (QED) is 0.333. The molecule has 1 unspecified atom stereocenters. The topological polar surface area (TPSA) is 79.8 Å². The second-order valence-electron chi connectivity index (χ2n) is 9.98. The molecule has 0 spiro atoms. The predicted octanol–water partition coefficient (Wildman–Crippen LogP) is 5.49. The Kier molecular flexibility index (Phi) is 6.75. The molecule has 1 atom stereocenters. The standard InChI is InChI=1S/C29H29FN4O2S2/c1-17-7-6-10-23(26(17)31)37-24-16-21-18(15-19(24)30)27(35)25(28(36)32-11-14-33-12-4-5-13-33)29-34(21)20-8-2-3-9-22(20)38-29/h2-3,6,8-10,15-17H,4-5,7,11-14,31H2,1H3,(H,32,36). The van der Waals surface area contributed by atoms with E-state index in [4.69, 9.17) is 5.73 Å². The summed E-state index contributed by atoms with van der Waals surface area (Å²) >= 11 is 2.67. The number of nitrogens with two attached hydrogens (primary N) is 1. The van der Waals surface area contributed by atoms with Crippen LogP contribution in [0.5, 0.6) is 0 Å². The lowest BCUT2D eigenvalue weighted by Gasteiger charge is -2.18. The fourth-order valence-corrected chi connectivity index (χ4v) is 7.53. The van der Waals surface area contributed by atoms with E-state index < -0.39 is 17.2 Å². The van der Waals surface area contributed by atoms with Gasteiger partial charge in [-0.3, -0.25) is 14.0 Å².